The van der Waals surface area contributed by atoms with Crippen molar-refractivity contribution in [2.75, 3.05) is 0 Å². The summed E-state index contributed by atoms with van der Waals surface area (Å²) in [6.45, 7) is 3.75. The topological polar surface area (TPSA) is 106 Å². The minimum absolute atomic E-state index is 0.0141. The van der Waals surface area contributed by atoms with Crippen LogP contribution in [0.5, 0.6) is 0 Å². The molecule has 0 spiro atoms. The van der Waals surface area contributed by atoms with E-state index in [0.717, 1.165) is 5.56 Å². The molecule has 2 rings (SSSR count). The third-order valence-corrected chi connectivity index (χ3v) is 3.10. The van der Waals surface area contributed by atoms with Crippen molar-refractivity contribution in [3.8, 4) is 17.5 Å². The molecule has 0 saturated carbocycles. The average molecular weight is 286 g/mol. The molecule has 1 aromatic heterocycles. The van der Waals surface area contributed by atoms with E-state index in [2.05, 4.69) is 16.2 Å². The molecule has 2 aromatic rings. The molecular formula is C14H14N4O3. The van der Waals surface area contributed by atoms with Gasteiger partial charge in [-0.15, -0.1) is 0 Å². The zero-order valence-electron chi connectivity index (χ0n) is 11.7. The van der Waals surface area contributed by atoms with Gasteiger partial charge in [0.15, 0.2) is 0 Å². The van der Waals surface area contributed by atoms with Crippen molar-refractivity contribution in [2.24, 2.45) is 5.92 Å². The van der Waals surface area contributed by atoms with Gasteiger partial charge in [-0.1, -0.05) is 18.1 Å². The molecule has 0 N–H and O–H groups in total. The molecule has 7 nitrogen and oxygen atoms in total. The molecule has 21 heavy (non-hydrogen) atoms. The van der Waals surface area contributed by atoms with Gasteiger partial charge in [-0.25, -0.2) is 0 Å². The second-order valence-electron chi connectivity index (χ2n) is 4.94. The van der Waals surface area contributed by atoms with Crippen molar-refractivity contribution in [1.82, 2.24) is 10.1 Å². The van der Waals surface area contributed by atoms with Crippen LogP contribution >= 0.6 is 0 Å². The van der Waals surface area contributed by atoms with Crippen LogP contribution in [0.1, 0.15) is 24.8 Å². The minimum atomic E-state index is -0.459. The molecule has 0 aliphatic carbocycles. The van der Waals surface area contributed by atoms with E-state index < -0.39 is 4.92 Å². The molecule has 1 heterocycles. The second kappa shape index (κ2) is 6.13. The zero-order chi connectivity index (χ0) is 15.4. The number of aromatic nitrogens is 2. The maximum atomic E-state index is 10.8. The Labute approximate surface area is 121 Å². The van der Waals surface area contributed by atoms with Crippen LogP contribution in [0.4, 0.5) is 5.69 Å². The summed E-state index contributed by atoms with van der Waals surface area (Å²) in [5.41, 5.74) is 1.39. The number of nitro groups is 1. The van der Waals surface area contributed by atoms with Gasteiger partial charge < -0.3 is 4.52 Å². The second-order valence-corrected chi connectivity index (χ2v) is 4.94. The van der Waals surface area contributed by atoms with Gasteiger partial charge in [0, 0.05) is 30.5 Å². The van der Waals surface area contributed by atoms with E-state index in [1.807, 2.05) is 13.8 Å². The van der Waals surface area contributed by atoms with Crippen molar-refractivity contribution in [1.29, 1.82) is 5.26 Å². The summed E-state index contributed by atoms with van der Waals surface area (Å²) in [7, 11) is 0. The van der Waals surface area contributed by atoms with E-state index >= 15 is 0 Å². The van der Waals surface area contributed by atoms with E-state index in [0.29, 0.717) is 30.1 Å². The Hall–Kier alpha value is -2.75. The lowest BCUT2D eigenvalue weighted by Crippen LogP contribution is -1.98. The number of nitro benzene ring substituents is 1. The Morgan fingerprint density at radius 1 is 1.52 bits per heavy atom. The van der Waals surface area contributed by atoms with Gasteiger partial charge in [0.05, 0.1) is 11.0 Å². The molecule has 1 unspecified atom stereocenters. The molecule has 0 amide bonds. The van der Waals surface area contributed by atoms with Crippen molar-refractivity contribution in [2.45, 2.75) is 26.7 Å². The number of nitrogens with zero attached hydrogens (tertiary/aromatic N) is 4. The van der Waals surface area contributed by atoms with E-state index in [9.17, 15) is 10.1 Å². The Morgan fingerprint density at radius 3 is 2.95 bits per heavy atom. The summed E-state index contributed by atoms with van der Waals surface area (Å²) in [5, 5.41) is 23.3. The molecule has 1 atom stereocenters. The maximum absolute atomic E-state index is 10.8. The number of aryl methyl sites for hydroxylation is 1. The number of hydrogen-bond acceptors (Lipinski definition) is 6. The molecule has 7 heteroatoms. The van der Waals surface area contributed by atoms with Gasteiger partial charge in [0.25, 0.3) is 5.69 Å². The first-order valence-electron chi connectivity index (χ1n) is 6.46. The third-order valence-electron chi connectivity index (χ3n) is 3.10. The van der Waals surface area contributed by atoms with Crippen LogP contribution < -0.4 is 0 Å². The van der Waals surface area contributed by atoms with Crippen LogP contribution in [0, 0.1) is 34.3 Å². The predicted molar refractivity (Wildman–Crippen MR) is 74.2 cm³/mol. The molecule has 108 valence electrons. The molecule has 0 bridgehead atoms. The van der Waals surface area contributed by atoms with Gasteiger partial charge in [-0.3, -0.25) is 10.1 Å². The highest BCUT2D eigenvalue weighted by molar-refractivity contribution is 5.63. The van der Waals surface area contributed by atoms with Crippen LogP contribution in [-0.2, 0) is 6.42 Å². The predicted octanol–water partition coefficient (Wildman–Crippen LogP) is 3.05. The standard InChI is InChI=1S/C14H14N4O3/c1-9(5-6-15)7-13-16-14(17-21-13)12-8-11(18(19)20)4-3-10(12)2/h3-4,8-9H,5,7H2,1-2H3. The summed E-state index contributed by atoms with van der Waals surface area (Å²) in [6, 6.07) is 6.62. The zero-order valence-corrected chi connectivity index (χ0v) is 11.7. The smallest absolute Gasteiger partial charge is 0.270 e. The first kappa shape index (κ1) is 14.7. The highest BCUT2D eigenvalue weighted by atomic mass is 16.6. The quantitative estimate of drug-likeness (QED) is 0.617. The molecular weight excluding hydrogens is 272 g/mol. The molecule has 1 aromatic carbocycles. The highest BCUT2D eigenvalue weighted by Crippen LogP contribution is 2.26. The minimum Gasteiger partial charge on any atom is -0.339 e. The SMILES string of the molecule is Cc1ccc([N+](=O)[O-])cc1-c1noc(CC(C)CC#N)n1. The fraction of sp³-hybridized carbons (Fsp3) is 0.357. The fourth-order valence-electron chi connectivity index (χ4n) is 1.94. The van der Waals surface area contributed by atoms with E-state index in [1.54, 1.807) is 6.07 Å². The summed E-state index contributed by atoms with van der Waals surface area (Å²) in [6.07, 6.45) is 0.919. The monoisotopic (exact) mass is 286 g/mol. The number of nitriles is 1. The van der Waals surface area contributed by atoms with Crippen molar-refractivity contribution >= 4 is 5.69 Å². The first-order valence-corrected chi connectivity index (χ1v) is 6.46. The lowest BCUT2D eigenvalue weighted by molar-refractivity contribution is -0.384. The van der Waals surface area contributed by atoms with E-state index in [1.165, 1.54) is 12.1 Å². The largest absolute Gasteiger partial charge is 0.339 e. The summed E-state index contributed by atoms with van der Waals surface area (Å²) in [4.78, 5) is 14.6. The Morgan fingerprint density at radius 2 is 2.29 bits per heavy atom. The van der Waals surface area contributed by atoms with Crippen LogP contribution in [-0.4, -0.2) is 15.1 Å². The lowest BCUT2D eigenvalue weighted by Gasteiger charge is -2.01. The normalized spacial score (nSPS) is 11.9. The molecule has 0 aliphatic rings. The number of non-ortho nitro benzene ring substituents is 1. The fourth-order valence-corrected chi connectivity index (χ4v) is 1.94. The molecule has 0 saturated heterocycles. The Bertz CT molecular complexity index is 702. The third kappa shape index (κ3) is 3.42. The molecule has 0 fully saturated rings. The lowest BCUT2D eigenvalue weighted by atomic mass is 10.1. The average Bonchev–Trinajstić information content (AvgIpc) is 2.87. The summed E-state index contributed by atoms with van der Waals surface area (Å²) in [5.74, 6) is 0.878. The molecule has 0 aliphatic heterocycles. The van der Waals surface area contributed by atoms with Gasteiger partial charge in [-0.05, 0) is 18.4 Å². The van der Waals surface area contributed by atoms with E-state index in [-0.39, 0.29) is 11.6 Å². The Balaban J connectivity index is 2.27. The van der Waals surface area contributed by atoms with E-state index in [4.69, 9.17) is 9.78 Å². The molecule has 0 radical (unpaired) electrons. The number of benzene rings is 1. The maximum Gasteiger partial charge on any atom is 0.270 e. The number of rotatable bonds is 5. The summed E-state index contributed by atoms with van der Waals surface area (Å²) >= 11 is 0. The van der Waals surface area contributed by atoms with Crippen LogP contribution in [0.25, 0.3) is 11.4 Å². The first-order chi connectivity index (χ1) is 10.0. The summed E-state index contributed by atoms with van der Waals surface area (Å²) < 4.78 is 5.15. The van der Waals surface area contributed by atoms with Gasteiger partial charge in [0.2, 0.25) is 11.7 Å². The Kier molecular flexibility index (Phi) is 4.28. The van der Waals surface area contributed by atoms with Crippen LogP contribution in [0.3, 0.4) is 0 Å². The van der Waals surface area contributed by atoms with Crippen LogP contribution in [0.2, 0.25) is 0 Å². The van der Waals surface area contributed by atoms with Crippen LogP contribution in [0.15, 0.2) is 22.7 Å². The van der Waals surface area contributed by atoms with Crippen molar-refractivity contribution in [3.05, 3.63) is 39.8 Å². The van der Waals surface area contributed by atoms with Gasteiger partial charge in [0.1, 0.15) is 0 Å². The number of hydrogen-bond donors (Lipinski definition) is 0. The van der Waals surface area contributed by atoms with Crippen molar-refractivity contribution in [3.63, 3.8) is 0 Å². The van der Waals surface area contributed by atoms with Gasteiger partial charge in [-0.2, -0.15) is 10.2 Å². The van der Waals surface area contributed by atoms with Gasteiger partial charge >= 0.3 is 0 Å². The highest BCUT2D eigenvalue weighted by Gasteiger charge is 2.16. The van der Waals surface area contributed by atoms with Crippen molar-refractivity contribution < 1.29 is 9.45 Å².